The summed E-state index contributed by atoms with van der Waals surface area (Å²) in [6, 6.07) is 0. The van der Waals surface area contributed by atoms with Gasteiger partial charge in [-0.3, -0.25) is 0 Å². The number of allylic oxidation sites excluding steroid dienone is 2. The lowest BCUT2D eigenvalue weighted by Gasteiger charge is -2.43. The quantitative estimate of drug-likeness (QED) is 0.560. The molecule has 0 saturated heterocycles. The molecule has 0 aromatic rings. The Labute approximate surface area is 120 Å². The van der Waals surface area contributed by atoms with Crippen LogP contribution in [0.3, 0.4) is 0 Å². The fourth-order valence-electron chi connectivity index (χ4n) is 4.76. The first-order valence-electron chi connectivity index (χ1n) is 8.90. The lowest BCUT2D eigenvalue weighted by Crippen LogP contribution is -2.32. The highest BCUT2D eigenvalue weighted by atomic mass is 14.4. The maximum absolute atomic E-state index is 2.62. The van der Waals surface area contributed by atoms with Gasteiger partial charge in [-0.25, -0.2) is 0 Å². The van der Waals surface area contributed by atoms with Crippen LogP contribution >= 0.6 is 0 Å². The fraction of sp³-hybridized carbons (Fsp3) is 0.895. The van der Waals surface area contributed by atoms with Gasteiger partial charge in [-0.1, -0.05) is 26.0 Å². The SMILES string of the molecule is CC(C)C1CCC(/C=C/C2CCC3CCC3C2)CC1. The molecule has 19 heavy (non-hydrogen) atoms. The predicted molar refractivity (Wildman–Crippen MR) is 83.0 cm³/mol. The van der Waals surface area contributed by atoms with Crippen molar-refractivity contribution in [1.82, 2.24) is 0 Å². The number of fused-ring (bicyclic) bond motifs is 1. The molecule has 3 rings (SSSR count). The van der Waals surface area contributed by atoms with Gasteiger partial charge in [-0.05, 0) is 93.3 Å². The van der Waals surface area contributed by atoms with E-state index in [4.69, 9.17) is 0 Å². The Kier molecular flexibility index (Phi) is 4.34. The molecule has 0 radical (unpaired) electrons. The number of hydrogen-bond donors (Lipinski definition) is 0. The van der Waals surface area contributed by atoms with Crippen molar-refractivity contribution in [3.8, 4) is 0 Å². The van der Waals surface area contributed by atoms with Crippen molar-refractivity contribution in [3.05, 3.63) is 12.2 Å². The molecule has 0 N–H and O–H groups in total. The van der Waals surface area contributed by atoms with Gasteiger partial charge in [-0.15, -0.1) is 0 Å². The van der Waals surface area contributed by atoms with Crippen LogP contribution in [-0.2, 0) is 0 Å². The molecular weight excluding hydrogens is 228 g/mol. The third-order valence-electron chi connectivity index (χ3n) is 6.50. The zero-order valence-electron chi connectivity index (χ0n) is 13.0. The van der Waals surface area contributed by atoms with Gasteiger partial charge in [0.1, 0.15) is 0 Å². The highest BCUT2D eigenvalue weighted by Gasteiger charge is 2.35. The first-order valence-corrected chi connectivity index (χ1v) is 8.90. The molecule has 3 aliphatic carbocycles. The summed E-state index contributed by atoms with van der Waals surface area (Å²) >= 11 is 0. The van der Waals surface area contributed by atoms with Crippen molar-refractivity contribution in [2.24, 2.45) is 35.5 Å². The van der Waals surface area contributed by atoms with Crippen molar-refractivity contribution in [2.75, 3.05) is 0 Å². The average molecular weight is 260 g/mol. The minimum Gasteiger partial charge on any atom is -0.0851 e. The highest BCUT2D eigenvalue weighted by molar-refractivity contribution is 4.99. The minimum absolute atomic E-state index is 0.902. The molecule has 3 unspecified atom stereocenters. The van der Waals surface area contributed by atoms with Crippen molar-refractivity contribution < 1.29 is 0 Å². The molecule has 0 heteroatoms. The summed E-state index contributed by atoms with van der Waals surface area (Å²) < 4.78 is 0. The van der Waals surface area contributed by atoms with Gasteiger partial charge in [0.25, 0.3) is 0 Å². The Morgan fingerprint density at radius 1 is 0.684 bits per heavy atom. The standard InChI is InChI=1S/C19H32/c1-14(2)17-8-5-15(6-9-17)3-4-16-7-10-18-11-12-19(18)13-16/h3-4,14-19H,5-13H2,1-2H3/b4-3+. The zero-order chi connectivity index (χ0) is 13.2. The van der Waals surface area contributed by atoms with Crippen molar-refractivity contribution in [3.63, 3.8) is 0 Å². The number of hydrogen-bond acceptors (Lipinski definition) is 0. The van der Waals surface area contributed by atoms with Crippen molar-refractivity contribution in [2.45, 2.75) is 71.6 Å². The van der Waals surface area contributed by atoms with Gasteiger partial charge in [0.15, 0.2) is 0 Å². The summed E-state index contributed by atoms with van der Waals surface area (Å²) in [5, 5.41) is 0. The average Bonchev–Trinajstić information content (AvgIpc) is 2.39. The van der Waals surface area contributed by atoms with E-state index < -0.39 is 0 Å². The summed E-state index contributed by atoms with van der Waals surface area (Å²) in [5.41, 5.74) is 0. The summed E-state index contributed by atoms with van der Waals surface area (Å²) in [5.74, 6) is 6.00. The minimum atomic E-state index is 0.902. The van der Waals surface area contributed by atoms with Crippen LogP contribution in [0.1, 0.15) is 71.6 Å². The van der Waals surface area contributed by atoms with E-state index in [1.807, 2.05) is 0 Å². The maximum atomic E-state index is 2.62. The summed E-state index contributed by atoms with van der Waals surface area (Å²) in [7, 11) is 0. The highest BCUT2D eigenvalue weighted by Crippen LogP contribution is 2.47. The lowest BCUT2D eigenvalue weighted by molar-refractivity contribution is 0.0936. The van der Waals surface area contributed by atoms with Gasteiger partial charge in [-0.2, -0.15) is 0 Å². The second-order valence-electron chi connectivity index (χ2n) is 7.97. The maximum Gasteiger partial charge on any atom is -0.0231 e. The summed E-state index contributed by atoms with van der Waals surface area (Å²) in [6.45, 7) is 4.80. The van der Waals surface area contributed by atoms with Crippen LogP contribution in [-0.4, -0.2) is 0 Å². The first kappa shape index (κ1) is 13.7. The Hall–Kier alpha value is -0.260. The molecular formula is C19H32. The summed E-state index contributed by atoms with van der Waals surface area (Å²) in [6.07, 6.45) is 18.7. The van der Waals surface area contributed by atoms with Crippen LogP contribution < -0.4 is 0 Å². The molecule has 0 aromatic carbocycles. The molecule has 0 amide bonds. The monoisotopic (exact) mass is 260 g/mol. The molecule has 0 heterocycles. The molecule has 0 bridgehead atoms. The predicted octanol–water partition coefficient (Wildman–Crippen LogP) is 5.83. The van der Waals surface area contributed by atoms with Crippen LogP contribution in [0.25, 0.3) is 0 Å². The van der Waals surface area contributed by atoms with Gasteiger partial charge in [0.2, 0.25) is 0 Å². The van der Waals surface area contributed by atoms with E-state index in [-0.39, 0.29) is 0 Å². The van der Waals surface area contributed by atoms with Crippen LogP contribution in [0, 0.1) is 35.5 Å². The number of rotatable bonds is 3. The van der Waals surface area contributed by atoms with Gasteiger partial charge >= 0.3 is 0 Å². The first-order chi connectivity index (χ1) is 9.22. The van der Waals surface area contributed by atoms with Crippen molar-refractivity contribution in [1.29, 1.82) is 0 Å². The lowest BCUT2D eigenvalue weighted by atomic mass is 9.62. The molecule has 3 saturated carbocycles. The van der Waals surface area contributed by atoms with Crippen LogP contribution in [0.15, 0.2) is 12.2 Å². The largest absolute Gasteiger partial charge is 0.0851 e. The second kappa shape index (κ2) is 6.02. The summed E-state index contributed by atoms with van der Waals surface area (Å²) in [4.78, 5) is 0. The third-order valence-corrected chi connectivity index (χ3v) is 6.50. The molecule has 0 nitrogen and oxygen atoms in total. The molecule has 3 aliphatic rings. The van der Waals surface area contributed by atoms with E-state index in [1.54, 1.807) is 6.42 Å². The van der Waals surface area contributed by atoms with E-state index >= 15 is 0 Å². The molecule has 3 atom stereocenters. The Morgan fingerprint density at radius 3 is 1.84 bits per heavy atom. The van der Waals surface area contributed by atoms with E-state index in [1.165, 1.54) is 51.4 Å². The smallest absolute Gasteiger partial charge is 0.0231 e. The van der Waals surface area contributed by atoms with E-state index in [0.29, 0.717) is 0 Å². The van der Waals surface area contributed by atoms with E-state index in [9.17, 15) is 0 Å². The van der Waals surface area contributed by atoms with E-state index in [2.05, 4.69) is 26.0 Å². The molecule has 108 valence electrons. The topological polar surface area (TPSA) is 0 Å². The fourth-order valence-corrected chi connectivity index (χ4v) is 4.76. The van der Waals surface area contributed by atoms with E-state index in [0.717, 1.165) is 35.5 Å². The zero-order valence-corrected chi connectivity index (χ0v) is 13.0. The van der Waals surface area contributed by atoms with Gasteiger partial charge in [0.05, 0.1) is 0 Å². The molecule has 0 aliphatic heterocycles. The Balaban J connectivity index is 1.43. The third kappa shape index (κ3) is 3.26. The van der Waals surface area contributed by atoms with Gasteiger partial charge in [0, 0.05) is 0 Å². The van der Waals surface area contributed by atoms with Crippen LogP contribution in [0.4, 0.5) is 0 Å². The Bertz CT molecular complexity index is 306. The molecule has 0 spiro atoms. The molecule has 0 aromatic heterocycles. The Morgan fingerprint density at radius 2 is 1.26 bits per heavy atom. The van der Waals surface area contributed by atoms with Crippen LogP contribution in [0.5, 0.6) is 0 Å². The van der Waals surface area contributed by atoms with Gasteiger partial charge < -0.3 is 0 Å². The normalized spacial score (nSPS) is 43.2. The van der Waals surface area contributed by atoms with Crippen LogP contribution in [0.2, 0.25) is 0 Å². The molecule has 3 fully saturated rings. The second-order valence-corrected chi connectivity index (χ2v) is 7.97. The van der Waals surface area contributed by atoms with Crippen molar-refractivity contribution >= 4 is 0 Å².